The summed E-state index contributed by atoms with van der Waals surface area (Å²) in [6.45, 7) is 3.44. The first-order valence-corrected chi connectivity index (χ1v) is 8.55. The smallest absolute Gasteiger partial charge is 0.270 e. The Kier molecular flexibility index (Phi) is 5.16. The molecule has 6 nitrogen and oxygen atoms in total. The Morgan fingerprint density at radius 2 is 1.85 bits per heavy atom. The van der Waals surface area contributed by atoms with Gasteiger partial charge in [-0.25, -0.2) is 4.39 Å². The molecule has 1 aliphatic heterocycles. The maximum Gasteiger partial charge on any atom is 0.270 e. The molecule has 1 amide bonds. The highest BCUT2D eigenvalue weighted by Gasteiger charge is 2.23. The van der Waals surface area contributed by atoms with Gasteiger partial charge in [0.1, 0.15) is 5.82 Å². The number of rotatable bonds is 5. The zero-order valence-electron chi connectivity index (χ0n) is 14.4. The molecule has 136 valence electrons. The van der Waals surface area contributed by atoms with Gasteiger partial charge < -0.3 is 10.2 Å². The molecule has 0 saturated carbocycles. The summed E-state index contributed by atoms with van der Waals surface area (Å²) in [5.74, 6) is -0.727. The van der Waals surface area contributed by atoms with Crippen molar-refractivity contribution in [1.29, 1.82) is 0 Å². The molecule has 0 aliphatic carbocycles. The summed E-state index contributed by atoms with van der Waals surface area (Å²) in [6, 6.07) is 9.91. The van der Waals surface area contributed by atoms with Gasteiger partial charge in [-0.05, 0) is 43.5 Å². The number of carbonyl (C=O) groups excluding carboxylic acids is 1. The molecule has 1 saturated heterocycles. The van der Waals surface area contributed by atoms with Gasteiger partial charge in [0.2, 0.25) is 0 Å². The molecule has 1 fully saturated rings. The number of halogens is 1. The topological polar surface area (TPSA) is 75.5 Å². The second-order valence-corrected chi connectivity index (χ2v) is 6.40. The van der Waals surface area contributed by atoms with Crippen molar-refractivity contribution in [3.8, 4) is 0 Å². The molecular weight excluding hydrogens is 337 g/mol. The van der Waals surface area contributed by atoms with E-state index in [0.29, 0.717) is 5.69 Å². The SMILES string of the molecule is CC(NC(=O)c1cc([N+](=O)[O-])ccc1N1CCCC1)c1ccc(F)cc1. The van der Waals surface area contributed by atoms with Crippen LogP contribution in [0.1, 0.15) is 41.7 Å². The van der Waals surface area contributed by atoms with Gasteiger partial charge in [-0.2, -0.15) is 0 Å². The van der Waals surface area contributed by atoms with E-state index in [9.17, 15) is 19.3 Å². The van der Waals surface area contributed by atoms with Gasteiger partial charge in [0.15, 0.2) is 0 Å². The molecule has 1 aliphatic rings. The normalized spacial score (nSPS) is 14.9. The van der Waals surface area contributed by atoms with Gasteiger partial charge in [-0.1, -0.05) is 12.1 Å². The van der Waals surface area contributed by atoms with Gasteiger partial charge in [0.05, 0.1) is 22.2 Å². The molecule has 7 heteroatoms. The molecule has 1 heterocycles. The molecule has 0 radical (unpaired) electrons. The summed E-state index contributed by atoms with van der Waals surface area (Å²) < 4.78 is 13.1. The third-order valence-electron chi connectivity index (χ3n) is 4.60. The summed E-state index contributed by atoms with van der Waals surface area (Å²) in [5, 5.41) is 14.0. The third-order valence-corrected chi connectivity index (χ3v) is 4.60. The van der Waals surface area contributed by atoms with Crippen molar-refractivity contribution in [3.05, 3.63) is 69.5 Å². The van der Waals surface area contributed by atoms with Crippen LogP contribution in [-0.2, 0) is 0 Å². The highest BCUT2D eigenvalue weighted by Crippen LogP contribution is 2.29. The van der Waals surface area contributed by atoms with Crippen molar-refractivity contribution in [1.82, 2.24) is 5.32 Å². The van der Waals surface area contributed by atoms with Crippen LogP contribution in [0.5, 0.6) is 0 Å². The van der Waals surface area contributed by atoms with Gasteiger partial charge in [0, 0.05) is 25.2 Å². The number of anilines is 1. The molecule has 0 aromatic heterocycles. The number of benzene rings is 2. The number of amides is 1. The average molecular weight is 357 g/mol. The lowest BCUT2D eigenvalue weighted by Gasteiger charge is -2.22. The third kappa shape index (κ3) is 3.82. The van der Waals surface area contributed by atoms with E-state index in [4.69, 9.17) is 0 Å². The number of nitrogens with one attached hydrogen (secondary N) is 1. The van der Waals surface area contributed by atoms with E-state index < -0.39 is 4.92 Å². The lowest BCUT2D eigenvalue weighted by molar-refractivity contribution is -0.384. The molecule has 1 N–H and O–H groups in total. The van der Waals surface area contributed by atoms with Crippen LogP contribution in [0.2, 0.25) is 0 Å². The molecule has 1 unspecified atom stereocenters. The predicted octanol–water partition coefficient (Wildman–Crippen LogP) is 3.83. The monoisotopic (exact) mass is 357 g/mol. The van der Waals surface area contributed by atoms with E-state index in [1.54, 1.807) is 25.1 Å². The fraction of sp³-hybridized carbons (Fsp3) is 0.316. The van der Waals surface area contributed by atoms with Crippen LogP contribution in [0.3, 0.4) is 0 Å². The second kappa shape index (κ2) is 7.51. The summed E-state index contributed by atoms with van der Waals surface area (Å²) in [6.07, 6.45) is 2.06. The maximum absolute atomic E-state index is 13.1. The van der Waals surface area contributed by atoms with E-state index in [2.05, 4.69) is 10.2 Å². The first kappa shape index (κ1) is 17.8. The number of hydrogen-bond acceptors (Lipinski definition) is 4. The first-order valence-electron chi connectivity index (χ1n) is 8.55. The molecule has 1 atom stereocenters. The molecular formula is C19H20FN3O3. The van der Waals surface area contributed by atoms with Crippen LogP contribution in [0.25, 0.3) is 0 Å². The van der Waals surface area contributed by atoms with Crippen LogP contribution in [-0.4, -0.2) is 23.9 Å². The van der Waals surface area contributed by atoms with Crippen molar-refractivity contribution in [2.24, 2.45) is 0 Å². The van der Waals surface area contributed by atoms with Gasteiger partial charge >= 0.3 is 0 Å². The highest BCUT2D eigenvalue weighted by molar-refractivity contribution is 6.00. The number of carbonyl (C=O) groups is 1. The van der Waals surface area contributed by atoms with Crippen LogP contribution >= 0.6 is 0 Å². The standard InChI is InChI=1S/C19H20FN3O3/c1-13(14-4-6-15(20)7-5-14)21-19(24)17-12-16(23(25)26)8-9-18(17)22-10-2-3-11-22/h4-9,12-13H,2-3,10-11H2,1H3,(H,21,24). The van der Waals surface area contributed by atoms with Crippen LogP contribution in [0.4, 0.5) is 15.8 Å². The number of nitrogens with zero attached hydrogens (tertiary/aromatic N) is 2. The second-order valence-electron chi connectivity index (χ2n) is 6.40. The molecule has 3 rings (SSSR count). The maximum atomic E-state index is 13.1. The Hall–Kier alpha value is -2.96. The molecule has 26 heavy (non-hydrogen) atoms. The van der Waals surface area contributed by atoms with Crippen LogP contribution in [0, 0.1) is 15.9 Å². The van der Waals surface area contributed by atoms with E-state index in [1.165, 1.54) is 24.3 Å². The fourth-order valence-corrected chi connectivity index (χ4v) is 3.16. The minimum atomic E-state index is -0.506. The number of hydrogen-bond donors (Lipinski definition) is 1. The van der Waals surface area contributed by atoms with Crippen molar-refractivity contribution in [2.45, 2.75) is 25.8 Å². The molecule has 2 aromatic carbocycles. The molecule has 2 aromatic rings. The van der Waals surface area contributed by atoms with E-state index in [1.807, 2.05) is 0 Å². The quantitative estimate of drug-likeness (QED) is 0.652. The van der Waals surface area contributed by atoms with Gasteiger partial charge in [0.25, 0.3) is 11.6 Å². The van der Waals surface area contributed by atoms with Gasteiger partial charge in [-0.3, -0.25) is 14.9 Å². The van der Waals surface area contributed by atoms with Crippen molar-refractivity contribution >= 4 is 17.3 Å². The average Bonchev–Trinajstić information content (AvgIpc) is 3.16. The summed E-state index contributed by atoms with van der Waals surface area (Å²) in [7, 11) is 0. The lowest BCUT2D eigenvalue weighted by Crippen LogP contribution is -2.29. The number of nitro groups is 1. The zero-order chi connectivity index (χ0) is 18.7. The molecule has 0 bridgehead atoms. The number of non-ortho nitro benzene ring substituents is 1. The molecule has 0 spiro atoms. The summed E-state index contributed by atoms with van der Waals surface area (Å²) in [5.41, 5.74) is 1.63. The van der Waals surface area contributed by atoms with E-state index in [-0.39, 0.29) is 29.0 Å². The van der Waals surface area contributed by atoms with Crippen LogP contribution < -0.4 is 10.2 Å². The summed E-state index contributed by atoms with van der Waals surface area (Å²) in [4.78, 5) is 25.5. The lowest BCUT2D eigenvalue weighted by atomic mass is 10.1. The number of nitro benzene ring substituents is 1. The van der Waals surface area contributed by atoms with Crippen molar-refractivity contribution < 1.29 is 14.1 Å². The minimum absolute atomic E-state index is 0.118. The Labute approximate surface area is 150 Å². The summed E-state index contributed by atoms with van der Waals surface area (Å²) >= 11 is 0. The van der Waals surface area contributed by atoms with Crippen LogP contribution in [0.15, 0.2) is 42.5 Å². The Balaban J connectivity index is 1.87. The van der Waals surface area contributed by atoms with Gasteiger partial charge in [-0.15, -0.1) is 0 Å². The first-order chi connectivity index (χ1) is 12.5. The largest absolute Gasteiger partial charge is 0.371 e. The van der Waals surface area contributed by atoms with Crippen molar-refractivity contribution in [2.75, 3.05) is 18.0 Å². The Bertz CT molecular complexity index is 817. The highest BCUT2D eigenvalue weighted by atomic mass is 19.1. The minimum Gasteiger partial charge on any atom is -0.371 e. The van der Waals surface area contributed by atoms with E-state index in [0.717, 1.165) is 31.5 Å². The zero-order valence-corrected chi connectivity index (χ0v) is 14.4. The Morgan fingerprint density at radius 1 is 1.19 bits per heavy atom. The fourth-order valence-electron chi connectivity index (χ4n) is 3.16. The Morgan fingerprint density at radius 3 is 2.46 bits per heavy atom. The predicted molar refractivity (Wildman–Crippen MR) is 96.8 cm³/mol. The van der Waals surface area contributed by atoms with Crippen molar-refractivity contribution in [3.63, 3.8) is 0 Å². The van der Waals surface area contributed by atoms with E-state index >= 15 is 0 Å².